The third-order valence-corrected chi connectivity index (χ3v) is 3.56. The Morgan fingerprint density at radius 3 is 2.53 bits per heavy atom. The summed E-state index contributed by atoms with van der Waals surface area (Å²) in [5, 5.41) is 2.94. The standard InChI is InChI=1S/C13H14ClNOS/c1-9-5-11(7-14)6-10(2)13(9)16-8-12-15-3-4-17-12/h3-6H,7-8H2,1-2H3. The van der Waals surface area contributed by atoms with E-state index in [4.69, 9.17) is 16.3 Å². The number of benzene rings is 1. The topological polar surface area (TPSA) is 22.1 Å². The van der Waals surface area contributed by atoms with Crippen molar-refractivity contribution in [3.8, 4) is 5.75 Å². The molecule has 2 rings (SSSR count). The third kappa shape index (κ3) is 2.99. The van der Waals surface area contributed by atoms with E-state index >= 15 is 0 Å². The first-order valence-electron chi connectivity index (χ1n) is 5.38. The fourth-order valence-corrected chi connectivity index (χ4v) is 2.48. The van der Waals surface area contributed by atoms with Crippen molar-refractivity contribution < 1.29 is 4.74 Å². The molecule has 0 spiro atoms. The Morgan fingerprint density at radius 1 is 1.29 bits per heavy atom. The molecule has 1 heterocycles. The van der Waals surface area contributed by atoms with E-state index < -0.39 is 0 Å². The maximum Gasteiger partial charge on any atom is 0.140 e. The molecule has 0 atom stereocenters. The molecule has 0 unspecified atom stereocenters. The van der Waals surface area contributed by atoms with Crippen LogP contribution in [0, 0.1) is 13.8 Å². The first-order valence-corrected chi connectivity index (χ1v) is 6.79. The number of alkyl halides is 1. The van der Waals surface area contributed by atoms with E-state index in [-0.39, 0.29) is 0 Å². The van der Waals surface area contributed by atoms with Crippen molar-refractivity contribution in [3.05, 3.63) is 45.4 Å². The lowest BCUT2D eigenvalue weighted by molar-refractivity contribution is 0.301. The van der Waals surface area contributed by atoms with Crippen molar-refractivity contribution in [3.63, 3.8) is 0 Å². The predicted molar refractivity (Wildman–Crippen MR) is 71.9 cm³/mol. The highest BCUT2D eigenvalue weighted by Crippen LogP contribution is 2.26. The average molecular weight is 268 g/mol. The van der Waals surface area contributed by atoms with Gasteiger partial charge in [0.25, 0.3) is 0 Å². The van der Waals surface area contributed by atoms with Crippen molar-refractivity contribution in [2.45, 2.75) is 26.3 Å². The molecule has 1 aromatic heterocycles. The summed E-state index contributed by atoms with van der Waals surface area (Å²) in [5.74, 6) is 1.48. The van der Waals surface area contributed by atoms with Gasteiger partial charge in [-0.1, -0.05) is 12.1 Å². The van der Waals surface area contributed by atoms with Crippen LogP contribution in [-0.2, 0) is 12.5 Å². The van der Waals surface area contributed by atoms with Crippen LogP contribution in [0.3, 0.4) is 0 Å². The van der Waals surface area contributed by atoms with Crippen LogP contribution < -0.4 is 4.74 Å². The van der Waals surface area contributed by atoms with Gasteiger partial charge in [-0.3, -0.25) is 0 Å². The molecule has 0 bridgehead atoms. The van der Waals surface area contributed by atoms with Gasteiger partial charge < -0.3 is 4.74 Å². The van der Waals surface area contributed by atoms with Gasteiger partial charge in [-0.05, 0) is 30.5 Å². The predicted octanol–water partition coefficient (Wildman–Crippen LogP) is 4.08. The van der Waals surface area contributed by atoms with E-state index in [1.165, 1.54) is 0 Å². The van der Waals surface area contributed by atoms with Gasteiger partial charge >= 0.3 is 0 Å². The molecule has 0 saturated carbocycles. The number of ether oxygens (including phenoxy) is 1. The number of aryl methyl sites for hydroxylation is 2. The number of rotatable bonds is 4. The Labute approximate surface area is 110 Å². The lowest BCUT2D eigenvalue weighted by Crippen LogP contribution is -1.99. The molecule has 0 aliphatic carbocycles. The average Bonchev–Trinajstić information content (AvgIpc) is 2.80. The lowest BCUT2D eigenvalue weighted by atomic mass is 10.1. The van der Waals surface area contributed by atoms with Crippen LogP contribution in [0.2, 0.25) is 0 Å². The fraction of sp³-hybridized carbons (Fsp3) is 0.308. The molecule has 2 nitrogen and oxygen atoms in total. The van der Waals surface area contributed by atoms with Gasteiger partial charge in [-0.2, -0.15) is 0 Å². The Balaban J connectivity index is 2.15. The van der Waals surface area contributed by atoms with Crippen molar-refractivity contribution in [1.29, 1.82) is 0 Å². The summed E-state index contributed by atoms with van der Waals surface area (Å²) in [4.78, 5) is 4.20. The summed E-state index contributed by atoms with van der Waals surface area (Å²) in [7, 11) is 0. The molecule has 0 radical (unpaired) electrons. The van der Waals surface area contributed by atoms with Crippen LogP contribution in [0.5, 0.6) is 5.75 Å². The minimum Gasteiger partial charge on any atom is -0.486 e. The van der Waals surface area contributed by atoms with Crippen LogP contribution in [0.4, 0.5) is 0 Å². The molecule has 17 heavy (non-hydrogen) atoms. The Hall–Kier alpha value is -1.06. The Bertz CT molecular complexity index is 473. The van der Waals surface area contributed by atoms with Crippen LogP contribution in [-0.4, -0.2) is 4.98 Å². The number of aromatic nitrogens is 1. The van der Waals surface area contributed by atoms with Gasteiger partial charge in [-0.25, -0.2) is 4.98 Å². The van der Waals surface area contributed by atoms with E-state index in [9.17, 15) is 0 Å². The minimum atomic E-state index is 0.527. The van der Waals surface area contributed by atoms with Crippen molar-refractivity contribution in [1.82, 2.24) is 4.98 Å². The maximum absolute atomic E-state index is 5.83. The zero-order valence-electron chi connectivity index (χ0n) is 9.87. The van der Waals surface area contributed by atoms with Gasteiger partial charge in [0.1, 0.15) is 17.4 Å². The summed E-state index contributed by atoms with van der Waals surface area (Å²) in [6.45, 7) is 4.61. The van der Waals surface area contributed by atoms with Gasteiger partial charge in [-0.15, -0.1) is 22.9 Å². The molecule has 0 aliphatic rings. The van der Waals surface area contributed by atoms with Crippen LogP contribution in [0.15, 0.2) is 23.7 Å². The van der Waals surface area contributed by atoms with E-state index in [0.717, 1.165) is 27.4 Å². The summed E-state index contributed by atoms with van der Waals surface area (Å²) in [5.41, 5.74) is 3.37. The number of hydrogen-bond donors (Lipinski definition) is 0. The number of hydrogen-bond acceptors (Lipinski definition) is 3. The molecular weight excluding hydrogens is 254 g/mol. The third-order valence-electron chi connectivity index (χ3n) is 2.50. The zero-order valence-corrected chi connectivity index (χ0v) is 11.4. The molecule has 4 heteroatoms. The monoisotopic (exact) mass is 267 g/mol. The van der Waals surface area contributed by atoms with Crippen LogP contribution in [0.1, 0.15) is 21.7 Å². The number of halogens is 1. The molecule has 0 amide bonds. The number of thiazole rings is 1. The van der Waals surface area contributed by atoms with Gasteiger partial charge in [0, 0.05) is 17.5 Å². The van der Waals surface area contributed by atoms with E-state index in [0.29, 0.717) is 12.5 Å². The molecule has 0 N–H and O–H groups in total. The molecule has 2 aromatic rings. The smallest absolute Gasteiger partial charge is 0.140 e. The first-order chi connectivity index (χ1) is 8.20. The summed E-state index contributed by atoms with van der Waals surface area (Å²) in [6, 6.07) is 4.13. The molecule has 90 valence electrons. The molecule has 1 aromatic carbocycles. The lowest BCUT2D eigenvalue weighted by Gasteiger charge is -2.12. The van der Waals surface area contributed by atoms with Gasteiger partial charge in [0.2, 0.25) is 0 Å². The van der Waals surface area contributed by atoms with Crippen molar-refractivity contribution in [2.24, 2.45) is 0 Å². The normalized spacial score (nSPS) is 10.5. The summed E-state index contributed by atoms with van der Waals surface area (Å²) in [6.07, 6.45) is 1.79. The maximum atomic E-state index is 5.83. The molecular formula is C13H14ClNOS. The van der Waals surface area contributed by atoms with Crippen LogP contribution >= 0.6 is 22.9 Å². The van der Waals surface area contributed by atoms with Crippen LogP contribution in [0.25, 0.3) is 0 Å². The van der Waals surface area contributed by atoms with Gasteiger partial charge in [0.15, 0.2) is 0 Å². The minimum absolute atomic E-state index is 0.527. The largest absolute Gasteiger partial charge is 0.486 e. The van der Waals surface area contributed by atoms with E-state index in [1.807, 2.05) is 19.2 Å². The highest BCUT2D eigenvalue weighted by Gasteiger charge is 2.07. The second-order valence-electron chi connectivity index (χ2n) is 3.91. The second kappa shape index (κ2) is 5.52. The Morgan fingerprint density at radius 2 is 2.00 bits per heavy atom. The van der Waals surface area contributed by atoms with Gasteiger partial charge in [0.05, 0.1) is 0 Å². The SMILES string of the molecule is Cc1cc(CCl)cc(C)c1OCc1nccs1. The number of nitrogens with zero attached hydrogens (tertiary/aromatic N) is 1. The van der Waals surface area contributed by atoms with E-state index in [2.05, 4.69) is 17.1 Å². The second-order valence-corrected chi connectivity index (χ2v) is 5.15. The highest BCUT2D eigenvalue weighted by molar-refractivity contribution is 7.09. The van der Waals surface area contributed by atoms with Crippen molar-refractivity contribution in [2.75, 3.05) is 0 Å². The Kier molecular flexibility index (Phi) is 4.02. The first kappa shape index (κ1) is 12.4. The molecule has 0 saturated heterocycles. The van der Waals surface area contributed by atoms with E-state index in [1.54, 1.807) is 17.5 Å². The summed E-state index contributed by atoms with van der Waals surface area (Å²) < 4.78 is 5.82. The zero-order chi connectivity index (χ0) is 12.3. The molecule has 0 fully saturated rings. The quantitative estimate of drug-likeness (QED) is 0.779. The van der Waals surface area contributed by atoms with Crippen molar-refractivity contribution >= 4 is 22.9 Å². The fourth-order valence-electron chi connectivity index (χ4n) is 1.80. The molecule has 0 aliphatic heterocycles. The highest BCUT2D eigenvalue weighted by atomic mass is 35.5. The summed E-state index contributed by atoms with van der Waals surface area (Å²) >= 11 is 7.44.